The van der Waals surface area contributed by atoms with Gasteiger partial charge in [-0.05, 0) is 0 Å². The molecule has 0 aliphatic carbocycles. The molecule has 0 atom stereocenters. The largest absolute Gasteiger partial charge is 0.492 e. The molecule has 2 N–H and O–H groups in total. The van der Waals surface area contributed by atoms with Gasteiger partial charge in [0.05, 0.1) is 18.6 Å². The molecule has 0 aromatic carbocycles. The Balaban J connectivity index is 2.36. The number of sulfone groups is 1. The maximum absolute atomic E-state index is 12.1. The van der Waals surface area contributed by atoms with Crippen LogP contribution in [-0.2, 0) is 9.84 Å². The van der Waals surface area contributed by atoms with Gasteiger partial charge in [-0.25, -0.2) is 8.42 Å². The molecule has 0 spiro atoms. The minimum Gasteiger partial charge on any atom is -0.492 e. The molecule has 1 aliphatic heterocycles. The molecule has 2 rings (SSSR count). The SMILES string of the molecule is COc1c(N2CCS(=O)(=O)CC2)sc(C(=O)N(C)C)c1N. The van der Waals surface area contributed by atoms with Crippen LogP contribution in [0, 0.1) is 0 Å². The third-order valence-corrected chi connectivity index (χ3v) is 6.16. The minimum atomic E-state index is -2.96. The highest BCUT2D eigenvalue weighted by molar-refractivity contribution is 7.91. The van der Waals surface area contributed by atoms with Gasteiger partial charge in [-0.3, -0.25) is 4.79 Å². The van der Waals surface area contributed by atoms with E-state index in [1.165, 1.54) is 23.3 Å². The third-order valence-electron chi connectivity index (χ3n) is 3.32. The Bertz CT molecular complexity index is 638. The first-order valence-electron chi connectivity index (χ1n) is 6.40. The summed E-state index contributed by atoms with van der Waals surface area (Å²) in [6.45, 7) is 0.766. The summed E-state index contributed by atoms with van der Waals surface area (Å²) in [5.41, 5.74) is 6.32. The topological polar surface area (TPSA) is 92.9 Å². The summed E-state index contributed by atoms with van der Waals surface area (Å²) in [6, 6.07) is 0. The van der Waals surface area contributed by atoms with E-state index in [1.807, 2.05) is 4.90 Å². The van der Waals surface area contributed by atoms with E-state index >= 15 is 0 Å². The van der Waals surface area contributed by atoms with Gasteiger partial charge in [0.2, 0.25) is 0 Å². The van der Waals surface area contributed by atoms with Crippen LogP contribution < -0.4 is 15.4 Å². The van der Waals surface area contributed by atoms with Gasteiger partial charge in [0, 0.05) is 27.2 Å². The summed E-state index contributed by atoms with van der Waals surface area (Å²) in [7, 11) is 1.84. The van der Waals surface area contributed by atoms with Crippen LogP contribution in [0.4, 0.5) is 10.7 Å². The van der Waals surface area contributed by atoms with E-state index in [-0.39, 0.29) is 17.4 Å². The number of amides is 1. The maximum atomic E-state index is 12.1. The number of nitrogens with zero attached hydrogens (tertiary/aromatic N) is 2. The van der Waals surface area contributed by atoms with Crippen molar-refractivity contribution in [2.45, 2.75) is 0 Å². The first-order chi connectivity index (χ1) is 9.76. The van der Waals surface area contributed by atoms with Crippen LogP contribution in [0.1, 0.15) is 9.67 Å². The highest BCUT2D eigenvalue weighted by Gasteiger charge is 2.29. The molecule has 0 unspecified atom stereocenters. The van der Waals surface area contributed by atoms with E-state index in [1.54, 1.807) is 14.1 Å². The number of nitrogen functional groups attached to an aromatic ring is 1. The molecule has 2 heterocycles. The number of thiophene rings is 1. The van der Waals surface area contributed by atoms with Crippen LogP contribution in [-0.4, -0.2) is 65.0 Å². The summed E-state index contributed by atoms with van der Waals surface area (Å²) in [5, 5.41) is 0.718. The average molecular weight is 333 g/mol. The van der Waals surface area contributed by atoms with Gasteiger partial charge in [-0.1, -0.05) is 0 Å². The number of nitrogens with two attached hydrogens (primary N) is 1. The number of rotatable bonds is 3. The van der Waals surface area contributed by atoms with Gasteiger partial charge < -0.3 is 20.3 Å². The Kier molecular flexibility index (Phi) is 4.33. The van der Waals surface area contributed by atoms with Crippen molar-refractivity contribution in [3.8, 4) is 5.75 Å². The Morgan fingerprint density at radius 1 is 1.33 bits per heavy atom. The van der Waals surface area contributed by atoms with Gasteiger partial charge in [0.1, 0.15) is 15.6 Å². The van der Waals surface area contributed by atoms with Crippen LogP contribution in [0.15, 0.2) is 0 Å². The third kappa shape index (κ3) is 3.08. The summed E-state index contributed by atoms with van der Waals surface area (Å²) in [6.07, 6.45) is 0. The molecular formula is C12H19N3O4S2. The van der Waals surface area contributed by atoms with E-state index in [4.69, 9.17) is 10.5 Å². The fraction of sp³-hybridized carbons (Fsp3) is 0.583. The fourth-order valence-corrected chi connectivity index (χ4v) is 4.56. The summed E-state index contributed by atoms with van der Waals surface area (Å²) in [5.74, 6) is 0.465. The second-order valence-electron chi connectivity index (χ2n) is 5.02. The fourth-order valence-electron chi connectivity index (χ4n) is 2.10. The van der Waals surface area contributed by atoms with Crippen LogP contribution in [0.5, 0.6) is 5.75 Å². The molecule has 0 radical (unpaired) electrons. The quantitative estimate of drug-likeness (QED) is 0.854. The number of hydrogen-bond donors (Lipinski definition) is 1. The molecular weight excluding hydrogens is 314 g/mol. The van der Waals surface area contributed by atoms with Crippen molar-refractivity contribution in [3.63, 3.8) is 0 Å². The molecule has 9 heteroatoms. The summed E-state index contributed by atoms with van der Waals surface area (Å²) in [4.78, 5) is 15.9. The molecule has 0 saturated carbocycles. The lowest BCUT2D eigenvalue weighted by Gasteiger charge is -2.27. The van der Waals surface area contributed by atoms with E-state index in [0.29, 0.717) is 29.4 Å². The lowest BCUT2D eigenvalue weighted by molar-refractivity contribution is 0.0833. The van der Waals surface area contributed by atoms with Gasteiger partial charge >= 0.3 is 0 Å². The van der Waals surface area contributed by atoms with Crippen molar-refractivity contribution in [2.24, 2.45) is 0 Å². The molecule has 21 heavy (non-hydrogen) atoms. The van der Waals surface area contributed by atoms with Crippen molar-refractivity contribution in [1.82, 2.24) is 4.90 Å². The molecule has 1 aliphatic rings. The van der Waals surface area contributed by atoms with E-state index in [2.05, 4.69) is 0 Å². The first-order valence-corrected chi connectivity index (χ1v) is 9.04. The number of methoxy groups -OCH3 is 1. The Morgan fingerprint density at radius 3 is 2.38 bits per heavy atom. The van der Waals surface area contributed by atoms with Crippen molar-refractivity contribution in [2.75, 3.05) is 56.4 Å². The van der Waals surface area contributed by atoms with Crippen LogP contribution in [0.3, 0.4) is 0 Å². The average Bonchev–Trinajstić information content (AvgIpc) is 2.74. The van der Waals surface area contributed by atoms with E-state index in [9.17, 15) is 13.2 Å². The molecule has 1 aromatic rings. The molecule has 118 valence electrons. The van der Waals surface area contributed by atoms with E-state index < -0.39 is 9.84 Å². The second kappa shape index (κ2) is 5.72. The standard InChI is InChI=1S/C12H19N3O4S2/c1-14(2)11(16)10-8(13)9(19-3)12(20-10)15-4-6-21(17,18)7-5-15/h4-7,13H2,1-3H3. The van der Waals surface area contributed by atoms with Crippen LogP contribution >= 0.6 is 11.3 Å². The number of ether oxygens (including phenoxy) is 1. The van der Waals surface area contributed by atoms with Crippen LogP contribution in [0.25, 0.3) is 0 Å². The molecule has 1 amide bonds. The first kappa shape index (κ1) is 15.9. The zero-order chi connectivity index (χ0) is 15.8. The summed E-state index contributed by atoms with van der Waals surface area (Å²) >= 11 is 1.24. The van der Waals surface area contributed by atoms with Gasteiger partial charge in [-0.2, -0.15) is 0 Å². The van der Waals surface area contributed by atoms with Crippen molar-refractivity contribution in [3.05, 3.63) is 4.88 Å². The minimum absolute atomic E-state index is 0.102. The zero-order valence-electron chi connectivity index (χ0n) is 12.2. The molecule has 7 nitrogen and oxygen atoms in total. The predicted octanol–water partition coefficient (Wildman–Crippen LogP) is 0.276. The maximum Gasteiger partial charge on any atom is 0.265 e. The number of carbonyl (C=O) groups is 1. The van der Waals surface area contributed by atoms with Gasteiger partial charge in [-0.15, -0.1) is 11.3 Å². The molecule has 1 fully saturated rings. The number of hydrogen-bond acceptors (Lipinski definition) is 7. The number of carbonyl (C=O) groups excluding carboxylic acids is 1. The Hall–Kier alpha value is -1.48. The van der Waals surface area contributed by atoms with Crippen molar-refractivity contribution >= 4 is 37.8 Å². The lowest BCUT2D eigenvalue weighted by Crippen LogP contribution is -2.40. The lowest BCUT2D eigenvalue weighted by atomic mass is 10.3. The van der Waals surface area contributed by atoms with Gasteiger partial charge in [0.15, 0.2) is 15.6 Å². The Labute approximate surface area is 128 Å². The van der Waals surface area contributed by atoms with Gasteiger partial charge in [0.25, 0.3) is 5.91 Å². The molecule has 0 bridgehead atoms. The number of anilines is 2. The highest BCUT2D eigenvalue weighted by Crippen LogP contribution is 2.45. The highest BCUT2D eigenvalue weighted by atomic mass is 32.2. The van der Waals surface area contributed by atoms with Crippen molar-refractivity contribution in [1.29, 1.82) is 0 Å². The molecule has 1 saturated heterocycles. The second-order valence-corrected chi connectivity index (χ2v) is 8.32. The normalized spacial score (nSPS) is 17.6. The molecule has 1 aromatic heterocycles. The monoisotopic (exact) mass is 333 g/mol. The summed E-state index contributed by atoms with van der Waals surface area (Å²) < 4.78 is 28.3. The predicted molar refractivity (Wildman–Crippen MR) is 84.2 cm³/mol. The van der Waals surface area contributed by atoms with Crippen LogP contribution in [0.2, 0.25) is 0 Å². The smallest absolute Gasteiger partial charge is 0.265 e. The van der Waals surface area contributed by atoms with E-state index in [0.717, 1.165) is 5.00 Å². The Morgan fingerprint density at radius 2 is 1.90 bits per heavy atom. The zero-order valence-corrected chi connectivity index (χ0v) is 13.9. The van der Waals surface area contributed by atoms with Crippen molar-refractivity contribution < 1.29 is 17.9 Å².